The zero-order chi connectivity index (χ0) is 16.0. The average molecular weight is 301 g/mol. The van der Waals surface area contributed by atoms with Crippen molar-refractivity contribution in [1.29, 1.82) is 0 Å². The van der Waals surface area contributed by atoms with E-state index in [1.54, 1.807) is 0 Å². The molecule has 1 saturated heterocycles. The standard InChI is InChI=1S/C19H27NO2/c1-17(2)15(18(17,3)4)16(21)22-19(10-12-20-13-11-19)14-8-6-5-7-9-14/h5-9,15,20H,10-13H2,1-4H3. The second-order valence-electron chi connectivity index (χ2n) is 7.91. The number of benzene rings is 1. The van der Waals surface area contributed by atoms with Crippen molar-refractivity contribution in [2.45, 2.75) is 46.1 Å². The summed E-state index contributed by atoms with van der Waals surface area (Å²) in [5, 5.41) is 3.37. The maximum atomic E-state index is 12.8. The minimum Gasteiger partial charge on any atom is -0.454 e. The average Bonchev–Trinajstić information content (AvgIpc) is 2.90. The number of carbonyl (C=O) groups excluding carboxylic acids is 1. The molecule has 22 heavy (non-hydrogen) atoms. The van der Waals surface area contributed by atoms with Crippen molar-refractivity contribution in [3.63, 3.8) is 0 Å². The second-order valence-corrected chi connectivity index (χ2v) is 7.91. The maximum absolute atomic E-state index is 12.8. The van der Waals surface area contributed by atoms with E-state index in [9.17, 15) is 4.79 Å². The van der Waals surface area contributed by atoms with Crippen LogP contribution < -0.4 is 5.32 Å². The van der Waals surface area contributed by atoms with Crippen molar-refractivity contribution < 1.29 is 9.53 Å². The van der Waals surface area contributed by atoms with E-state index in [-0.39, 0.29) is 22.7 Å². The molecule has 0 bridgehead atoms. The van der Waals surface area contributed by atoms with Gasteiger partial charge in [0.2, 0.25) is 0 Å². The van der Waals surface area contributed by atoms with Gasteiger partial charge in [0.1, 0.15) is 5.60 Å². The van der Waals surface area contributed by atoms with Gasteiger partial charge in [-0.05, 0) is 29.5 Å². The third-order valence-electron chi connectivity index (χ3n) is 6.26. The first-order valence-corrected chi connectivity index (χ1v) is 8.30. The van der Waals surface area contributed by atoms with Crippen LogP contribution in [0.4, 0.5) is 0 Å². The Bertz CT molecular complexity index is 542. The third-order valence-corrected chi connectivity index (χ3v) is 6.26. The van der Waals surface area contributed by atoms with Gasteiger partial charge in [-0.3, -0.25) is 4.79 Å². The predicted molar refractivity (Wildman–Crippen MR) is 87.4 cm³/mol. The van der Waals surface area contributed by atoms with Crippen LogP contribution in [0.25, 0.3) is 0 Å². The number of hydrogen-bond acceptors (Lipinski definition) is 3. The molecular weight excluding hydrogens is 274 g/mol. The van der Waals surface area contributed by atoms with Crippen LogP contribution in [0.5, 0.6) is 0 Å². The molecule has 1 saturated carbocycles. The summed E-state index contributed by atoms with van der Waals surface area (Å²) in [5.41, 5.74) is 0.711. The Morgan fingerprint density at radius 1 is 1.05 bits per heavy atom. The van der Waals surface area contributed by atoms with Crippen LogP contribution >= 0.6 is 0 Å². The molecule has 120 valence electrons. The number of esters is 1. The summed E-state index contributed by atoms with van der Waals surface area (Å²) in [6, 6.07) is 10.2. The van der Waals surface area contributed by atoms with Crippen LogP contribution in [-0.4, -0.2) is 19.1 Å². The van der Waals surface area contributed by atoms with Crippen LogP contribution in [0, 0.1) is 16.7 Å². The summed E-state index contributed by atoms with van der Waals surface area (Å²) >= 11 is 0. The van der Waals surface area contributed by atoms with Crippen molar-refractivity contribution in [3.05, 3.63) is 35.9 Å². The summed E-state index contributed by atoms with van der Waals surface area (Å²) in [6.07, 6.45) is 1.69. The summed E-state index contributed by atoms with van der Waals surface area (Å²) in [7, 11) is 0. The largest absolute Gasteiger partial charge is 0.454 e. The van der Waals surface area contributed by atoms with Gasteiger partial charge in [0.05, 0.1) is 5.92 Å². The highest BCUT2D eigenvalue weighted by Crippen LogP contribution is 2.69. The number of hydrogen-bond donors (Lipinski definition) is 1. The lowest BCUT2D eigenvalue weighted by Crippen LogP contribution is -2.43. The number of carbonyl (C=O) groups is 1. The molecule has 0 spiro atoms. The van der Waals surface area contributed by atoms with Crippen molar-refractivity contribution in [1.82, 2.24) is 5.32 Å². The first-order valence-electron chi connectivity index (χ1n) is 8.30. The normalized spacial score (nSPS) is 25.5. The quantitative estimate of drug-likeness (QED) is 0.869. The van der Waals surface area contributed by atoms with Gasteiger partial charge < -0.3 is 10.1 Å². The molecule has 2 aliphatic rings. The molecule has 1 N–H and O–H groups in total. The van der Waals surface area contributed by atoms with E-state index in [0.29, 0.717) is 0 Å². The Morgan fingerprint density at radius 3 is 2.09 bits per heavy atom. The van der Waals surface area contributed by atoms with Gasteiger partial charge in [0.15, 0.2) is 0 Å². The van der Waals surface area contributed by atoms with Crippen molar-refractivity contribution in [3.8, 4) is 0 Å². The van der Waals surface area contributed by atoms with E-state index in [0.717, 1.165) is 31.5 Å². The zero-order valence-electron chi connectivity index (χ0n) is 14.1. The number of nitrogens with one attached hydrogen (secondary N) is 1. The van der Waals surface area contributed by atoms with E-state index < -0.39 is 5.60 Å². The first kappa shape index (κ1) is 15.5. The fourth-order valence-electron chi connectivity index (χ4n) is 4.06. The minimum atomic E-state index is -0.460. The molecule has 1 heterocycles. The molecule has 2 fully saturated rings. The predicted octanol–water partition coefficient (Wildman–Crippen LogP) is 3.49. The lowest BCUT2D eigenvalue weighted by atomic mass is 9.84. The summed E-state index contributed by atoms with van der Waals surface area (Å²) < 4.78 is 6.18. The maximum Gasteiger partial charge on any atom is 0.310 e. The Balaban J connectivity index is 1.85. The van der Waals surface area contributed by atoms with Crippen molar-refractivity contribution in [2.24, 2.45) is 16.7 Å². The van der Waals surface area contributed by atoms with E-state index in [2.05, 4.69) is 45.1 Å². The van der Waals surface area contributed by atoms with Crippen LogP contribution in [0.3, 0.4) is 0 Å². The molecule has 1 aromatic carbocycles. The highest BCUT2D eigenvalue weighted by atomic mass is 16.6. The molecule has 1 aromatic rings. The van der Waals surface area contributed by atoms with Gasteiger partial charge in [-0.15, -0.1) is 0 Å². The minimum absolute atomic E-state index is 0.00419. The van der Waals surface area contributed by atoms with Crippen LogP contribution in [0.15, 0.2) is 30.3 Å². The monoisotopic (exact) mass is 301 g/mol. The van der Waals surface area contributed by atoms with E-state index in [1.165, 1.54) is 0 Å². The summed E-state index contributed by atoms with van der Waals surface area (Å²) in [5.74, 6) is -0.0313. The SMILES string of the molecule is CC1(C)C(C(=O)OC2(c3ccccc3)CCNCC2)C1(C)C. The fourth-order valence-corrected chi connectivity index (χ4v) is 4.06. The summed E-state index contributed by atoms with van der Waals surface area (Å²) in [4.78, 5) is 12.8. The van der Waals surface area contributed by atoms with E-state index in [4.69, 9.17) is 4.74 Å². The molecule has 3 rings (SSSR count). The number of rotatable bonds is 3. The van der Waals surface area contributed by atoms with Gasteiger partial charge in [-0.25, -0.2) is 0 Å². The Labute approximate surface area is 133 Å². The number of ether oxygens (including phenoxy) is 1. The molecule has 0 aromatic heterocycles. The Hall–Kier alpha value is -1.35. The molecule has 3 nitrogen and oxygen atoms in total. The van der Waals surface area contributed by atoms with Gasteiger partial charge in [0.25, 0.3) is 0 Å². The van der Waals surface area contributed by atoms with E-state index >= 15 is 0 Å². The zero-order valence-corrected chi connectivity index (χ0v) is 14.1. The van der Waals surface area contributed by atoms with Crippen molar-refractivity contribution in [2.75, 3.05) is 13.1 Å². The molecular formula is C19H27NO2. The second kappa shape index (κ2) is 5.09. The Morgan fingerprint density at radius 2 is 1.59 bits per heavy atom. The van der Waals surface area contributed by atoms with Gasteiger partial charge in [-0.1, -0.05) is 58.0 Å². The Kier molecular flexibility index (Phi) is 3.59. The van der Waals surface area contributed by atoms with Crippen LogP contribution in [-0.2, 0) is 15.1 Å². The van der Waals surface area contributed by atoms with Crippen LogP contribution in [0.2, 0.25) is 0 Å². The van der Waals surface area contributed by atoms with E-state index in [1.807, 2.05) is 18.2 Å². The molecule has 0 radical (unpaired) electrons. The van der Waals surface area contributed by atoms with Gasteiger partial charge in [-0.2, -0.15) is 0 Å². The smallest absolute Gasteiger partial charge is 0.310 e. The number of piperidine rings is 1. The van der Waals surface area contributed by atoms with Gasteiger partial charge in [0, 0.05) is 12.8 Å². The van der Waals surface area contributed by atoms with Gasteiger partial charge >= 0.3 is 5.97 Å². The lowest BCUT2D eigenvalue weighted by Gasteiger charge is -2.38. The first-order chi connectivity index (χ1) is 10.3. The molecule has 1 aliphatic heterocycles. The van der Waals surface area contributed by atoms with Crippen LogP contribution in [0.1, 0.15) is 46.1 Å². The summed E-state index contributed by atoms with van der Waals surface area (Å²) in [6.45, 7) is 10.4. The molecule has 1 aliphatic carbocycles. The molecule has 0 amide bonds. The fraction of sp³-hybridized carbons (Fsp3) is 0.632. The molecule has 0 unspecified atom stereocenters. The third kappa shape index (κ3) is 2.26. The highest BCUT2D eigenvalue weighted by molar-refractivity contribution is 5.79. The van der Waals surface area contributed by atoms with Crippen molar-refractivity contribution >= 4 is 5.97 Å². The molecule has 0 atom stereocenters. The topological polar surface area (TPSA) is 38.3 Å². The molecule has 3 heteroatoms. The highest BCUT2D eigenvalue weighted by Gasteiger charge is 2.69. The lowest BCUT2D eigenvalue weighted by molar-refractivity contribution is -0.167.